The van der Waals surface area contributed by atoms with Crippen LogP contribution in [0, 0.1) is 0 Å². The molecule has 0 aliphatic heterocycles. The summed E-state index contributed by atoms with van der Waals surface area (Å²) < 4.78 is 13.4. The van der Waals surface area contributed by atoms with Gasteiger partial charge in [-0.05, 0) is 0 Å². The molecular weight excluding hydrogens is 935 g/mol. The van der Waals surface area contributed by atoms with Gasteiger partial charge in [0.1, 0.15) is 0 Å². The van der Waals surface area contributed by atoms with E-state index < -0.39 is 14.5 Å². The van der Waals surface area contributed by atoms with Crippen LogP contribution in [0.1, 0.15) is 33.4 Å². The molecule has 366 valence electrons. The number of rotatable bonds is 21. The van der Waals surface area contributed by atoms with Crippen molar-refractivity contribution < 1.29 is 9.47 Å². The first-order chi connectivity index (χ1) is 36.6. The molecule has 0 saturated heterocycles. The quantitative estimate of drug-likeness (QED) is 0.0528. The number of hydrogen-bond acceptors (Lipinski definition) is 2. The van der Waals surface area contributed by atoms with E-state index >= 15 is 0 Å². The van der Waals surface area contributed by atoms with Crippen LogP contribution >= 0.6 is 14.5 Å². The Morgan fingerprint density at radius 1 is 0.311 bits per heavy atom. The van der Waals surface area contributed by atoms with Gasteiger partial charge in [-0.2, -0.15) is 0 Å². The Morgan fingerprint density at radius 2 is 0.635 bits per heavy atom. The predicted molar refractivity (Wildman–Crippen MR) is 322 cm³/mol. The fourth-order valence-corrected chi connectivity index (χ4v) is 20.3. The van der Waals surface area contributed by atoms with Crippen LogP contribution in [0.2, 0.25) is 0 Å². The number of allylic oxidation sites excluding steroid dienone is 2. The van der Waals surface area contributed by atoms with Crippen molar-refractivity contribution in [3.8, 4) is 22.6 Å². The molecule has 0 aliphatic carbocycles. The molecule has 2 nitrogen and oxygen atoms in total. The van der Waals surface area contributed by atoms with Crippen molar-refractivity contribution in [1.29, 1.82) is 0 Å². The number of hydrogen-bond donors (Lipinski definition) is 0. The Labute approximate surface area is 440 Å². The third-order valence-electron chi connectivity index (χ3n) is 14.5. The number of benzene rings is 10. The van der Waals surface area contributed by atoms with Gasteiger partial charge in [-0.15, -0.1) is 6.58 Å². The molecule has 0 saturated carbocycles. The molecular formula is C70H64O2P2. The van der Waals surface area contributed by atoms with E-state index in [1.807, 2.05) is 12.2 Å². The third-order valence-corrected chi connectivity index (χ3v) is 24.3. The number of ether oxygens (including phenoxy) is 2. The van der Waals surface area contributed by atoms with Gasteiger partial charge >= 0.3 is 430 Å². The molecule has 0 spiro atoms. The van der Waals surface area contributed by atoms with Gasteiger partial charge in [-0.3, -0.25) is 0 Å². The molecule has 10 aromatic rings. The molecule has 0 atom stereocenters. The second kappa shape index (κ2) is 23.8. The Kier molecular flexibility index (Phi) is 16.0. The first-order valence-corrected chi connectivity index (χ1v) is 30.2. The van der Waals surface area contributed by atoms with E-state index in [4.69, 9.17) is 9.47 Å². The molecule has 0 aromatic heterocycles. The third kappa shape index (κ3) is 11.0. The van der Waals surface area contributed by atoms with Crippen molar-refractivity contribution in [2.75, 3.05) is 0 Å². The van der Waals surface area contributed by atoms with Gasteiger partial charge in [0.05, 0.1) is 0 Å². The molecule has 0 aliphatic rings. The van der Waals surface area contributed by atoms with Crippen molar-refractivity contribution in [2.24, 2.45) is 0 Å². The second-order valence-corrected chi connectivity index (χ2v) is 27.0. The van der Waals surface area contributed by atoms with Gasteiger partial charge in [0.2, 0.25) is 0 Å². The summed E-state index contributed by atoms with van der Waals surface area (Å²) in [6.45, 7) is 9.06. The first-order valence-electron chi connectivity index (χ1n) is 25.8. The zero-order valence-electron chi connectivity index (χ0n) is 42.0. The Morgan fingerprint density at radius 3 is 1.00 bits per heavy atom. The summed E-state index contributed by atoms with van der Waals surface area (Å²) >= 11 is 0. The van der Waals surface area contributed by atoms with Gasteiger partial charge < -0.3 is 0 Å². The molecule has 4 heteroatoms. The summed E-state index contributed by atoms with van der Waals surface area (Å²) in [5.74, 6) is 1.69. The Bertz CT molecular complexity index is 3190. The van der Waals surface area contributed by atoms with Gasteiger partial charge in [0.15, 0.2) is 0 Å². The van der Waals surface area contributed by atoms with E-state index in [2.05, 4.69) is 280 Å². The van der Waals surface area contributed by atoms with Crippen LogP contribution in [-0.2, 0) is 38.4 Å². The summed E-state index contributed by atoms with van der Waals surface area (Å²) in [6.07, 6.45) is 7.23. The van der Waals surface area contributed by atoms with Crippen LogP contribution < -0.4 is 41.3 Å². The molecule has 74 heavy (non-hydrogen) atoms. The molecule has 0 heterocycles. The van der Waals surface area contributed by atoms with Crippen molar-refractivity contribution in [1.82, 2.24) is 0 Å². The fraction of sp³-hybridized carbons (Fsp3) is 0.0857. The van der Waals surface area contributed by atoms with Crippen molar-refractivity contribution in [2.45, 2.75) is 38.4 Å². The standard InChI is InChI=1S/C70H64O2P2/c1-3-23-55-45-47-70(72-52-57-39-43-59(44-40-57)54-74(65-31-17-8-18-32-65,66-33-19-9-20-34-66)67-35-21-10-22-36-67)68(49-55)60-46-48-69(61(50-60)24-4-2)71-51-56-37-41-58(42-38-56)53-73(62-25-11-5-12-26-62,63-27-13-6-14-28-63)64-29-15-7-16-30-64/h3-22,25-50,73-74H,1-2,23-24,51-54H2. The molecule has 0 bridgehead atoms. The summed E-state index contributed by atoms with van der Waals surface area (Å²) in [4.78, 5) is 0. The maximum atomic E-state index is 6.74. The second-order valence-electron chi connectivity index (χ2n) is 19.2. The zero-order chi connectivity index (χ0) is 50.4. The van der Waals surface area contributed by atoms with Gasteiger partial charge in [0, 0.05) is 0 Å². The molecule has 0 unspecified atom stereocenters. The Balaban J connectivity index is 0.868. The van der Waals surface area contributed by atoms with Crippen LogP contribution in [0.15, 0.2) is 292 Å². The van der Waals surface area contributed by atoms with E-state index in [9.17, 15) is 0 Å². The van der Waals surface area contributed by atoms with Crippen molar-refractivity contribution in [3.05, 3.63) is 326 Å². The molecule has 0 N–H and O–H groups in total. The van der Waals surface area contributed by atoms with E-state index in [1.165, 1.54) is 48.5 Å². The van der Waals surface area contributed by atoms with Gasteiger partial charge in [0.25, 0.3) is 0 Å². The van der Waals surface area contributed by atoms with Crippen LogP contribution in [-0.4, -0.2) is 0 Å². The zero-order valence-corrected chi connectivity index (χ0v) is 44.0. The molecule has 10 aromatic carbocycles. The SMILES string of the molecule is C=CCc1ccc(OCc2ccc(C[PH](c3ccccc3)(c3ccccc3)c3ccccc3)cc2)c(-c2ccc(OCc3ccc(C[PH](c4ccccc4)(c4ccccc4)c4ccccc4)cc3)c(CC=C)c2)c1. The van der Waals surface area contributed by atoms with Crippen molar-refractivity contribution in [3.63, 3.8) is 0 Å². The average Bonchev–Trinajstić information content (AvgIpc) is 3.47. The molecule has 0 fully saturated rings. The monoisotopic (exact) mass is 998 g/mol. The Hall–Kier alpha value is -7.86. The predicted octanol–water partition coefficient (Wildman–Crippen LogP) is 14.4. The van der Waals surface area contributed by atoms with Crippen LogP contribution in [0.5, 0.6) is 11.5 Å². The van der Waals surface area contributed by atoms with E-state index in [-0.39, 0.29) is 0 Å². The van der Waals surface area contributed by atoms with E-state index in [0.717, 1.165) is 58.1 Å². The van der Waals surface area contributed by atoms with Gasteiger partial charge in [-0.1, -0.05) is 6.08 Å². The first kappa shape index (κ1) is 49.7. The van der Waals surface area contributed by atoms with E-state index in [0.29, 0.717) is 19.6 Å². The normalized spacial score (nSPS) is 11.8. The minimum absolute atomic E-state index is 0.445. The summed E-state index contributed by atoms with van der Waals surface area (Å²) in [5, 5.41) is 8.44. The summed E-state index contributed by atoms with van der Waals surface area (Å²) in [7, 11) is -4.87. The molecule has 10 rings (SSSR count). The van der Waals surface area contributed by atoms with Gasteiger partial charge in [-0.25, -0.2) is 0 Å². The summed E-state index contributed by atoms with van der Waals surface area (Å²) in [6, 6.07) is 97.9. The summed E-state index contributed by atoms with van der Waals surface area (Å²) in [5.41, 5.74) is 9.25. The van der Waals surface area contributed by atoms with E-state index in [1.54, 1.807) is 0 Å². The molecule has 0 amide bonds. The maximum absolute atomic E-state index is 6.74. The average molecular weight is 999 g/mol. The topological polar surface area (TPSA) is 18.5 Å². The van der Waals surface area contributed by atoms with Crippen molar-refractivity contribution >= 4 is 46.4 Å². The van der Waals surface area contributed by atoms with Crippen LogP contribution in [0.4, 0.5) is 0 Å². The van der Waals surface area contributed by atoms with Crippen LogP contribution in [0.3, 0.4) is 0 Å². The van der Waals surface area contributed by atoms with Crippen LogP contribution in [0.25, 0.3) is 11.1 Å². The molecule has 0 radical (unpaired) electrons. The fourth-order valence-electron chi connectivity index (χ4n) is 10.8. The minimum atomic E-state index is -2.44.